The minimum atomic E-state index is -0.140. The maximum Gasteiger partial charge on any atom is 2.00 e. The molecule has 55 heavy (non-hydrogen) atoms. The molecule has 3 heterocycles. The molecule has 3 aromatic heterocycles. The van der Waals surface area contributed by atoms with Crippen molar-refractivity contribution in [3.63, 3.8) is 0 Å². The van der Waals surface area contributed by atoms with Crippen molar-refractivity contribution >= 4 is 21.8 Å². The molecule has 0 aliphatic heterocycles. The van der Waals surface area contributed by atoms with Gasteiger partial charge in [0.05, 0.1) is 5.69 Å². The zero-order valence-corrected chi connectivity index (χ0v) is 36.0. The van der Waals surface area contributed by atoms with E-state index in [2.05, 4.69) is 171 Å². The molecule has 0 atom stereocenters. The van der Waals surface area contributed by atoms with E-state index >= 15 is 0 Å². The summed E-state index contributed by atoms with van der Waals surface area (Å²) in [6, 6.07) is 33.3. The van der Waals surface area contributed by atoms with E-state index in [0.29, 0.717) is 29.3 Å². The van der Waals surface area contributed by atoms with Crippen molar-refractivity contribution in [2.45, 2.75) is 113 Å². The van der Waals surface area contributed by atoms with Crippen LogP contribution in [0.1, 0.15) is 126 Å². The first-order valence-electron chi connectivity index (χ1n) is 19.6. The molecular weight excluding hydrogens is 767 g/mol. The van der Waals surface area contributed by atoms with E-state index in [1.165, 1.54) is 33.4 Å². The molecule has 7 rings (SSSR count). The number of benzene rings is 4. The van der Waals surface area contributed by atoms with Gasteiger partial charge in [-0.1, -0.05) is 105 Å². The van der Waals surface area contributed by atoms with Crippen LogP contribution in [0.4, 0.5) is 0 Å². The second-order valence-electron chi connectivity index (χ2n) is 16.8. The van der Waals surface area contributed by atoms with Gasteiger partial charge < -0.3 is 9.30 Å². The topological polar surface area (TPSA) is 44.9 Å². The van der Waals surface area contributed by atoms with Crippen LogP contribution in [0.5, 0.6) is 11.5 Å². The molecule has 0 saturated heterocycles. The van der Waals surface area contributed by atoms with Crippen molar-refractivity contribution in [2.24, 2.45) is 0 Å². The van der Waals surface area contributed by atoms with Gasteiger partial charge in [-0.25, -0.2) is 4.98 Å². The molecular formula is C49H54N4OPd. The normalized spacial score (nSPS) is 12.1. The van der Waals surface area contributed by atoms with Gasteiger partial charge in [0.15, 0.2) is 0 Å². The van der Waals surface area contributed by atoms with Crippen LogP contribution in [0, 0.1) is 26.0 Å². The molecule has 0 fully saturated rings. The van der Waals surface area contributed by atoms with Gasteiger partial charge in [0.1, 0.15) is 5.82 Å². The number of nitrogens with zero attached hydrogens (tertiary/aromatic N) is 4. The number of hydrogen-bond donors (Lipinski definition) is 0. The van der Waals surface area contributed by atoms with Crippen LogP contribution in [-0.2, 0) is 32.3 Å². The monoisotopic (exact) mass is 820 g/mol. The third-order valence-corrected chi connectivity index (χ3v) is 10.8. The average Bonchev–Trinajstić information content (AvgIpc) is 3.62. The predicted octanol–water partition coefficient (Wildman–Crippen LogP) is 13.3. The second kappa shape index (κ2) is 15.6. The van der Waals surface area contributed by atoms with Crippen molar-refractivity contribution in [3.8, 4) is 34.1 Å². The first-order chi connectivity index (χ1) is 25.7. The summed E-state index contributed by atoms with van der Waals surface area (Å²) >= 11 is 0. The zero-order chi connectivity index (χ0) is 38.6. The number of rotatable bonds is 9. The smallest absolute Gasteiger partial charge is 0.509 e. The number of aromatic nitrogens is 4. The molecule has 0 aliphatic carbocycles. The van der Waals surface area contributed by atoms with E-state index in [1.807, 2.05) is 12.3 Å². The number of ether oxygens (including phenoxy) is 1. The molecule has 0 amide bonds. The Hall–Kier alpha value is -4.50. The fourth-order valence-corrected chi connectivity index (χ4v) is 7.71. The number of para-hydroxylation sites is 1. The standard InChI is InChI=1S/C49H54N4O.Pd/c1-13-34-20-21-50-46(22-34)52-44-17-15-14-16-40(44)41-19-18-38(28-45(41)52)54-39-26-36(49(10,11)12)25-37(27-39)53-33(9)47(32(8)51-53)48-42(30(4)5)23-35(29(2)3)24-43(48)31(6)7;/h14-26,29-31H,13H2,1-12H3;/q-2;+2. The fraction of sp³-hybridized carbons (Fsp3) is 0.347. The van der Waals surface area contributed by atoms with Crippen LogP contribution in [0.25, 0.3) is 44.4 Å². The Balaban J connectivity index is 0.00000514. The largest absolute Gasteiger partial charge is 2.00 e. The first-order valence-corrected chi connectivity index (χ1v) is 19.6. The quantitative estimate of drug-likeness (QED) is 0.108. The molecule has 7 aromatic rings. The summed E-state index contributed by atoms with van der Waals surface area (Å²) in [5.74, 6) is 3.31. The maximum atomic E-state index is 6.73. The Morgan fingerprint density at radius 1 is 0.745 bits per heavy atom. The summed E-state index contributed by atoms with van der Waals surface area (Å²) in [5.41, 5.74) is 13.9. The summed E-state index contributed by atoms with van der Waals surface area (Å²) in [4.78, 5) is 4.79. The van der Waals surface area contributed by atoms with Gasteiger partial charge in [-0.2, -0.15) is 11.2 Å². The Bertz CT molecular complexity index is 2480. The fourth-order valence-electron chi connectivity index (χ4n) is 7.71. The first kappa shape index (κ1) is 40.2. The molecule has 0 bridgehead atoms. The minimum Gasteiger partial charge on any atom is -0.509 e. The van der Waals surface area contributed by atoms with E-state index in [1.54, 1.807) is 0 Å². The molecule has 0 unspecified atom stereocenters. The average molecular weight is 821 g/mol. The van der Waals surface area contributed by atoms with Gasteiger partial charge in [0.25, 0.3) is 0 Å². The molecule has 286 valence electrons. The van der Waals surface area contributed by atoms with Crippen molar-refractivity contribution in [3.05, 3.63) is 130 Å². The van der Waals surface area contributed by atoms with Crippen molar-refractivity contribution in [2.75, 3.05) is 0 Å². The summed E-state index contributed by atoms with van der Waals surface area (Å²) in [7, 11) is 0. The van der Waals surface area contributed by atoms with Gasteiger partial charge in [-0.3, -0.25) is 4.68 Å². The zero-order valence-electron chi connectivity index (χ0n) is 34.5. The summed E-state index contributed by atoms with van der Waals surface area (Å²) in [5, 5.41) is 7.48. The Labute approximate surface area is 341 Å². The van der Waals surface area contributed by atoms with E-state index in [4.69, 9.17) is 14.8 Å². The summed E-state index contributed by atoms with van der Waals surface area (Å²) in [6.45, 7) is 27.0. The van der Waals surface area contributed by atoms with Crippen LogP contribution in [-0.4, -0.2) is 19.3 Å². The molecule has 0 saturated carbocycles. The van der Waals surface area contributed by atoms with Crippen LogP contribution in [0.15, 0.2) is 79.0 Å². The van der Waals surface area contributed by atoms with E-state index < -0.39 is 0 Å². The number of aryl methyl sites for hydroxylation is 2. The predicted molar refractivity (Wildman–Crippen MR) is 225 cm³/mol. The third kappa shape index (κ3) is 7.57. The summed E-state index contributed by atoms with van der Waals surface area (Å²) in [6.07, 6.45) is 2.83. The number of hydrogen-bond acceptors (Lipinski definition) is 3. The third-order valence-electron chi connectivity index (χ3n) is 10.8. The maximum absolute atomic E-state index is 6.73. The van der Waals surface area contributed by atoms with Gasteiger partial charge in [-0.15, -0.1) is 41.3 Å². The molecule has 5 nitrogen and oxygen atoms in total. The Kier molecular flexibility index (Phi) is 11.4. The van der Waals surface area contributed by atoms with Gasteiger partial charge in [-0.05, 0) is 101 Å². The van der Waals surface area contributed by atoms with Gasteiger partial charge in [0.2, 0.25) is 0 Å². The second-order valence-corrected chi connectivity index (χ2v) is 16.8. The summed E-state index contributed by atoms with van der Waals surface area (Å²) < 4.78 is 11.0. The van der Waals surface area contributed by atoms with Gasteiger partial charge in [0, 0.05) is 34.5 Å². The van der Waals surface area contributed by atoms with Crippen LogP contribution in [0.2, 0.25) is 0 Å². The van der Waals surface area contributed by atoms with Crippen molar-refractivity contribution in [1.29, 1.82) is 0 Å². The van der Waals surface area contributed by atoms with Crippen molar-refractivity contribution < 1.29 is 25.2 Å². The van der Waals surface area contributed by atoms with E-state index in [-0.39, 0.29) is 25.8 Å². The van der Waals surface area contributed by atoms with E-state index in [0.717, 1.165) is 56.7 Å². The molecule has 0 aliphatic rings. The van der Waals surface area contributed by atoms with Crippen LogP contribution in [0.3, 0.4) is 0 Å². The molecule has 0 N–H and O–H groups in total. The van der Waals surface area contributed by atoms with E-state index in [9.17, 15) is 0 Å². The molecule has 4 aromatic carbocycles. The molecule has 0 radical (unpaired) electrons. The number of pyridine rings is 1. The van der Waals surface area contributed by atoms with Crippen molar-refractivity contribution in [1.82, 2.24) is 19.3 Å². The Morgan fingerprint density at radius 3 is 2.07 bits per heavy atom. The van der Waals surface area contributed by atoms with Crippen LogP contribution >= 0.6 is 0 Å². The molecule has 6 heteroatoms. The SMILES string of the molecule is CCc1ccnc(-n2c3[c-]c(Oc4[c-]c(-n5nc(C)c(-c6c(C(C)C)cc(C(C)C)cc6C(C)C)c5C)cc(C(C)(C)C)c4)ccc3c3ccccc32)c1.[Pd+2]. The Morgan fingerprint density at radius 2 is 1.44 bits per heavy atom. The van der Waals surface area contributed by atoms with Crippen LogP contribution < -0.4 is 4.74 Å². The molecule has 0 spiro atoms. The number of fused-ring (bicyclic) bond motifs is 3. The minimum absolute atomic E-state index is 0. The van der Waals surface area contributed by atoms with Gasteiger partial charge >= 0.3 is 20.4 Å².